The van der Waals surface area contributed by atoms with Gasteiger partial charge in [0, 0.05) is 32.7 Å². The molecule has 0 radical (unpaired) electrons. The summed E-state index contributed by atoms with van der Waals surface area (Å²) < 4.78 is 27.1. The van der Waals surface area contributed by atoms with Crippen LogP contribution in [-0.4, -0.2) is 52.6 Å². The van der Waals surface area contributed by atoms with Crippen molar-refractivity contribution in [2.45, 2.75) is 25.2 Å². The van der Waals surface area contributed by atoms with Crippen molar-refractivity contribution in [3.05, 3.63) is 29.3 Å². The highest BCUT2D eigenvalue weighted by molar-refractivity contribution is 7.89. The van der Waals surface area contributed by atoms with E-state index in [0.29, 0.717) is 11.4 Å². The molecular weight excluding hydrogens is 286 g/mol. The monoisotopic (exact) mass is 311 g/mol. The molecule has 2 rings (SSSR count). The van der Waals surface area contributed by atoms with E-state index < -0.39 is 10.0 Å². The molecule has 0 saturated carbocycles. The van der Waals surface area contributed by atoms with Crippen LogP contribution < -0.4 is 10.0 Å². The highest BCUT2D eigenvalue weighted by atomic mass is 32.2. The normalized spacial score (nSPS) is 17.0. The first-order valence-corrected chi connectivity index (χ1v) is 8.97. The Bertz CT molecular complexity index is 566. The molecule has 1 heterocycles. The molecule has 0 spiro atoms. The smallest absolute Gasteiger partial charge is 0.240 e. The van der Waals surface area contributed by atoms with E-state index in [4.69, 9.17) is 0 Å². The maximum absolute atomic E-state index is 12.2. The molecule has 5 nitrogen and oxygen atoms in total. The maximum atomic E-state index is 12.2. The zero-order chi connectivity index (χ0) is 15.3. The van der Waals surface area contributed by atoms with Crippen LogP contribution in [0.15, 0.2) is 23.1 Å². The van der Waals surface area contributed by atoms with Gasteiger partial charge in [-0.25, -0.2) is 13.1 Å². The van der Waals surface area contributed by atoms with Gasteiger partial charge in [-0.15, -0.1) is 0 Å². The van der Waals surface area contributed by atoms with Crippen LogP contribution in [-0.2, 0) is 10.0 Å². The summed E-state index contributed by atoms with van der Waals surface area (Å²) in [5.74, 6) is 0. The molecule has 1 fully saturated rings. The Hall–Kier alpha value is -0.950. The summed E-state index contributed by atoms with van der Waals surface area (Å²) in [5.41, 5.74) is 2.10. The molecule has 0 atom stereocenters. The Kier molecular flexibility index (Phi) is 5.75. The van der Waals surface area contributed by atoms with Crippen LogP contribution in [0.5, 0.6) is 0 Å². The lowest BCUT2D eigenvalue weighted by Gasteiger charge is -2.27. The first kappa shape index (κ1) is 16.4. The third-order valence-corrected chi connectivity index (χ3v) is 5.40. The zero-order valence-corrected chi connectivity index (χ0v) is 13.7. The number of sulfonamides is 1. The van der Waals surface area contributed by atoms with Gasteiger partial charge in [-0.1, -0.05) is 6.07 Å². The summed E-state index contributed by atoms with van der Waals surface area (Å²) in [6, 6.07) is 5.25. The molecule has 118 valence electrons. The fourth-order valence-corrected chi connectivity index (χ4v) is 3.57. The van der Waals surface area contributed by atoms with E-state index in [2.05, 4.69) is 14.9 Å². The third-order valence-electron chi connectivity index (χ3n) is 3.94. The Morgan fingerprint density at radius 2 is 1.90 bits per heavy atom. The van der Waals surface area contributed by atoms with Crippen molar-refractivity contribution in [3.8, 4) is 0 Å². The number of piperazine rings is 1. The molecule has 1 aromatic rings. The second-order valence-electron chi connectivity index (χ2n) is 5.59. The average Bonchev–Trinajstić information content (AvgIpc) is 2.47. The molecule has 0 unspecified atom stereocenters. The molecular formula is C15H25N3O2S. The number of hydrogen-bond acceptors (Lipinski definition) is 4. The van der Waals surface area contributed by atoms with E-state index in [-0.39, 0.29) is 0 Å². The Balaban J connectivity index is 1.82. The predicted molar refractivity (Wildman–Crippen MR) is 85.0 cm³/mol. The van der Waals surface area contributed by atoms with Crippen LogP contribution in [0.1, 0.15) is 17.5 Å². The molecule has 21 heavy (non-hydrogen) atoms. The summed E-state index contributed by atoms with van der Waals surface area (Å²) >= 11 is 0. The molecule has 1 aromatic carbocycles. The first-order valence-electron chi connectivity index (χ1n) is 7.49. The molecule has 1 saturated heterocycles. The molecule has 6 heteroatoms. The van der Waals surface area contributed by atoms with Crippen LogP contribution in [0.2, 0.25) is 0 Å². The van der Waals surface area contributed by atoms with Gasteiger partial charge in [-0.2, -0.15) is 0 Å². The van der Waals surface area contributed by atoms with Gasteiger partial charge in [0.05, 0.1) is 4.90 Å². The Labute approximate surface area is 127 Å². The summed E-state index contributed by atoms with van der Waals surface area (Å²) in [5, 5.41) is 3.31. The highest BCUT2D eigenvalue weighted by Crippen LogP contribution is 2.14. The van der Waals surface area contributed by atoms with E-state index >= 15 is 0 Å². The Morgan fingerprint density at radius 1 is 1.19 bits per heavy atom. The number of nitrogens with one attached hydrogen (secondary N) is 2. The molecule has 0 aromatic heterocycles. The minimum atomic E-state index is -3.38. The molecule has 0 amide bonds. The van der Waals surface area contributed by atoms with Crippen LogP contribution in [0.25, 0.3) is 0 Å². The summed E-state index contributed by atoms with van der Waals surface area (Å²) in [6.07, 6.45) is 0.837. The lowest BCUT2D eigenvalue weighted by atomic mass is 10.1. The van der Waals surface area contributed by atoms with Gasteiger partial charge in [0.2, 0.25) is 10.0 Å². The van der Waals surface area contributed by atoms with E-state index in [1.165, 1.54) is 0 Å². The molecule has 2 N–H and O–H groups in total. The van der Waals surface area contributed by atoms with Crippen molar-refractivity contribution in [1.82, 2.24) is 14.9 Å². The lowest BCUT2D eigenvalue weighted by molar-refractivity contribution is 0.239. The quantitative estimate of drug-likeness (QED) is 0.766. The van der Waals surface area contributed by atoms with Gasteiger partial charge in [-0.3, -0.25) is 0 Å². The van der Waals surface area contributed by atoms with Crippen molar-refractivity contribution < 1.29 is 8.42 Å². The summed E-state index contributed by atoms with van der Waals surface area (Å²) in [4.78, 5) is 2.72. The van der Waals surface area contributed by atoms with Crippen LogP contribution in [0.3, 0.4) is 0 Å². The first-order chi connectivity index (χ1) is 9.99. The van der Waals surface area contributed by atoms with E-state index in [9.17, 15) is 8.42 Å². The SMILES string of the molecule is Cc1ccc(S(=O)(=O)NCCCN2CCNCC2)cc1C. The van der Waals surface area contributed by atoms with Gasteiger partial charge in [0.15, 0.2) is 0 Å². The fourth-order valence-electron chi connectivity index (χ4n) is 2.41. The standard InChI is InChI=1S/C15H25N3O2S/c1-13-4-5-15(12-14(13)2)21(19,20)17-6-3-9-18-10-7-16-8-11-18/h4-5,12,16-17H,3,6-11H2,1-2H3. The summed E-state index contributed by atoms with van der Waals surface area (Å²) in [7, 11) is -3.38. The van der Waals surface area contributed by atoms with E-state index in [0.717, 1.165) is 50.3 Å². The maximum Gasteiger partial charge on any atom is 0.240 e. The van der Waals surface area contributed by atoms with Gasteiger partial charge in [0.1, 0.15) is 0 Å². The molecule has 0 bridgehead atoms. The number of rotatable bonds is 6. The lowest BCUT2D eigenvalue weighted by Crippen LogP contribution is -2.44. The number of benzene rings is 1. The topological polar surface area (TPSA) is 61.4 Å². The van der Waals surface area contributed by atoms with Crippen LogP contribution >= 0.6 is 0 Å². The molecule has 0 aliphatic carbocycles. The second kappa shape index (κ2) is 7.35. The predicted octanol–water partition coefficient (Wildman–Crippen LogP) is 0.877. The fraction of sp³-hybridized carbons (Fsp3) is 0.600. The third kappa shape index (κ3) is 4.78. The van der Waals surface area contributed by atoms with Crippen LogP contribution in [0.4, 0.5) is 0 Å². The summed E-state index contributed by atoms with van der Waals surface area (Å²) in [6.45, 7) is 9.47. The van der Waals surface area contributed by atoms with Crippen molar-refractivity contribution in [3.63, 3.8) is 0 Å². The van der Waals surface area contributed by atoms with Gasteiger partial charge in [-0.05, 0) is 50.1 Å². The van der Waals surface area contributed by atoms with Crippen molar-refractivity contribution >= 4 is 10.0 Å². The van der Waals surface area contributed by atoms with E-state index in [1.807, 2.05) is 19.9 Å². The Morgan fingerprint density at radius 3 is 2.57 bits per heavy atom. The van der Waals surface area contributed by atoms with Gasteiger partial charge >= 0.3 is 0 Å². The van der Waals surface area contributed by atoms with Gasteiger partial charge in [0.25, 0.3) is 0 Å². The molecule has 1 aliphatic heterocycles. The van der Waals surface area contributed by atoms with Crippen LogP contribution in [0, 0.1) is 13.8 Å². The number of nitrogens with zero attached hydrogens (tertiary/aromatic N) is 1. The van der Waals surface area contributed by atoms with E-state index in [1.54, 1.807) is 12.1 Å². The highest BCUT2D eigenvalue weighted by Gasteiger charge is 2.14. The number of hydrogen-bond donors (Lipinski definition) is 2. The molecule has 1 aliphatic rings. The van der Waals surface area contributed by atoms with Crippen molar-refractivity contribution in [1.29, 1.82) is 0 Å². The number of aryl methyl sites for hydroxylation is 2. The van der Waals surface area contributed by atoms with Gasteiger partial charge < -0.3 is 10.2 Å². The zero-order valence-electron chi connectivity index (χ0n) is 12.9. The largest absolute Gasteiger partial charge is 0.314 e. The average molecular weight is 311 g/mol. The minimum Gasteiger partial charge on any atom is -0.314 e. The van der Waals surface area contributed by atoms with Crippen molar-refractivity contribution in [2.75, 3.05) is 39.3 Å². The second-order valence-corrected chi connectivity index (χ2v) is 7.36. The van der Waals surface area contributed by atoms with Crippen molar-refractivity contribution in [2.24, 2.45) is 0 Å². The minimum absolute atomic E-state index is 0.354.